The summed E-state index contributed by atoms with van der Waals surface area (Å²) < 4.78 is 37.4. The third-order valence-electron chi connectivity index (χ3n) is 2.17. The molecule has 0 saturated carbocycles. The Balaban J connectivity index is 2.06. The number of aryl methyl sites for hydroxylation is 1. The van der Waals surface area contributed by atoms with Gasteiger partial charge in [-0.25, -0.2) is 9.97 Å². The van der Waals surface area contributed by atoms with E-state index in [-0.39, 0.29) is 5.82 Å². The zero-order chi connectivity index (χ0) is 13.2. The Morgan fingerprint density at radius 3 is 2.78 bits per heavy atom. The van der Waals surface area contributed by atoms with Crippen LogP contribution < -0.4 is 5.32 Å². The topological polar surface area (TPSA) is 37.8 Å². The number of nitrogens with zero attached hydrogens (tertiary/aromatic N) is 2. The van der Waals surface area contributed by atoms with Gasteiger partial charge in [-0.05, 0) is 19.1 Å². The van der Waals surface area contributed by atoms with Crippen LogP contribution in [0.25, 0.3) is 0 Å². The molecule has 18 heavy (non-hydrogen) atoms. The van der Waals surface area contributed by atoms with Gasteiger partial charge in [-0.3, -0.25) is 0 Å². The van der Waals surface area contributed by atoms with Gasteiger partial charge in [-0.2, -0.15) is 13.2 Å². The first-order chi connectivity index (χ1) is 8.45. The van der Waals surface area contributed by atoms with Crippen molar-refractivity contribution in [2.75, 3.05) is 5.32 Å². The maximum Gasteiger partial charge on any atom is 0.416 e. The molecule has 0 radical (unpaired) electrons. The number of alkyl halides is 3. The molecule has 2 rings (SSSR count). The van der Waals surface area contributed by atoms with E-state index in [0.717, 1.165) is 29.0 Å². The van der Waals surface area contributed by atoms with Gasteiger partial charge >= 0.3 is 6.18 Å². The van der Waals surface area contributed by atoms with Gasteiger partial charge < -0.3 is 5.32 Å². The Morgan fingerprint density at radius 2 is 2.17 bits per heavy atom. The molecule has 0 amide bonds. The predicted octanol–water partition coefficient (Wildman–Crippen LogP) is 3.48. The first kappa shape index (κ1) is 12.8. The summed E-state index contributed by atoms with van der Waals surface area (Å²) in [5.41, 5.74) is 0.184. The van der Waals surface area contributed by atoms with Crippen molar-refractivity contribution in [3.8, 4) is 0 Å². The largest absolute Gasteiger partial charge is 0.416 e. The summed E-state index contributed by atoms with van der Waals surface area (Å²) in [6.45, 7) is 2.23. The first-order valence-electron chi connectivity index (χ1n) is 5.13. The summed E-state index contributed by atoms with van der Waals surface area (Å²) in [5, 5.41) is 5.52. The van der Waals surface area contributed by atoms with E-state index < -0.39 is 11.7 Å². The minimum Gasteiger partial charge on any atom is -0.364 e. The molecule has 0 saturated heterocycles. The molecule has 1 N–H and O–H groups in total. The van der Waals surface area contributed by atoms with Crippen LogP contribution in [0.2, 0.25) is 0 Å². The summed E-state index contributed by atoms with van der Waals surface area (Å²) in [5.74, 6) is 0.192. The van der Waals surface area contributed by atoms with Gasteiger partial charge in [0.15, 0.2) is 0 Å². The van der Waals surface area contributed by atoms with E-state index in [1.165, 1.54) is 11.3 Å². The molecule has 0 bridgehead atoms. The van der Waals surface area contributed by atoms with Crippen LogP contribution in [-0.2, 0) is 12.7 Å². The van der Waals surface area contributed by atoms with Gasteiger partial charge in [0.2, 0.25) is 0 Å². The number of nitrogens with one attached hydrogen (secondary N) is 1. The van der Waals surface area contributed by atoms with Crippen LogP contribution in [0.4, 0.5) is 19.0 Å². The molecule has 0 fully saturated rings. The molecule has 96 valence electrons. The summed E-state index contributed by atoms with van der Waals surface area (Å²) in [6.07, 6.45) is -3.21. The van der Waals surface area contributed by atoms with Crippen molar-refractivity contribution in [3.05, 3.63) is 40.0 Å². The highest BCUT2D eigenvalue weighted by Crippen LogP contribution is 2.29. The SMILES string of the molecule is Cc1csc(CNc2cc(C(F)(F)F)ccn2)n1. The second kappa shape index (κ2) is 4.93. The maximum absolute atomic E-state index is 12.5. The fourth-order valence-corrected chi connectivity index (χ4v) is 2.07. The number of thiazole rings is 1. The fraction of sp³-hybridized carbons (Fsp3) is 0.273. The highest BCUT2D eigenvalue weighted by atomic mass is 32.1. The Morgan fingerprint density at radius 1 is 1.39 bits per heavy atom. The molecular formula is C11H10F3N3S. The minimum absolute atomic E-state index is 0.192. The van der Waals surface area contributed by atoms with E-state index in [0.29, 0.717) is 6.54 Å². The standard InChI is InChI=1S/C11H10F3N3S/c1-7-6-18-10(17-7)5-16-9-4-8(2-3-15-9)11(12,13)14/h2-4,6H,5H2,1H3,(H,15,16). The summed E-state index contributed by atoms with van der Waals surface area (Å²) in [6, 6.07) is 1.93. The van der Waals surface area contributed by atoms with Gasteiger partial charge in [-0.15, -0.1) is 11.3 Å². The zero-order valence-electron chi connectivity index (χ0n) is 9.45. The lowest BCUT2D eigenvalue weighted by Gasteiger charge is -2.08. The highest BCUT2D eigenvalue weighted by molar-refractivity contribution is 7.09. The third kappa shape index (κ3) is 3.19. The molecule has 0 spiro atoms. The lowest BCUT2D eigenvalue weighted by Crippen LogP contribution is -2.07. The minimum atomic E-state index is -4.35. The van der Waals surface area contributed by atoms with Crippen LogP contribution in [0.1, 0.15) is 16.3 Å². The number of hydrogen-bond acceptors (Lipinski definition) is 4. The highest BCUT2D eigenvalue weighted by Gasteiger charge is 2.30. The van der Waals surface area contributed by atoms with Crippen LogP contribution >= 0.6 is 11.3 Å². The van der Waals surface area contributed by atoms with Crippen molar-refractivity contribution in [2.45, 2.75) is 19.6 Å². The van der Waals surface area contributed by atoms with E-state index in [1.807, 2.05) is 12.3 Å². The molecular weight excluding hydrogens is 263 g/mol. The smallest absolute Gasteiger partial charge is 0.364 e. The zero-order valence-corrected chi connectivity index (χ0v) is 10.3. The Kier molecular flexibility index (Phi) is 3.51. The molecule has 2 heterocycles. The van der Waals surface area contributed by atoms with Gasteiger partial charge in [0.1, 0.15) is 10.8 Å². The number of aromatic nitrogens is 2. The van der Waals surface area contributed by atoms with Gasteiger partial charge in [-0.1, -0.05) is 0 Å². The molecule has 2 aromatic heterocycles. The van der Waals surface area contributed by atoms with Crippen molar-refractivity contribution in [3.63, 3.8) is 0 Å². The second-order valence-electron chi connectivity index (χ2n) is 3.66. The van der Waals surface area contributed by atoms with Crippen LogP contribution in [0, 0.1) is 6.92 Å². The molecule has 3 nitrogen and oxygen atoms in total. The number of pyridine rings is 1. The summed E-state index contributed by atoms with van der Waals surface area (Å²) in [7, 11) is 0. The fourth-order valence-electron chi connectivity index (χ4n) is 1.35. The molecule has 0 atom stereocenters. The van der Waals surface area contributed by atoms with Crippen molar-refractivity contribution < 1.29 is 13.2 Å². The average molecular weight is 273 g/mol. The quantitative estimate of drug-likeness (QED) is 0.930. The number of hydrogen-bond donors (Lipinski definition) is 1. The van der Waals surface area contributed by atoms with Crippen LogP contribution in [0.3, 0.4) is 0 Å². The summed E-state index contributed by atoms with van der Waals surface area (Å²) in [4.78, 5) is 8.04. The van der Waals surface area contributed by atoms with E-state index >= 15 is 0 Å². The van der Waals surface area contributed by atoms with Crippen molar-refractivity contribution >= 4 is 17.2 Å². The van der Waals surface area contributed by atoms with Gasteiger partial charge in [0.25, 0.3) is 0 Å². The molecule has 7 heteroatoms. The Labute approximate surface area is 106 Å². The Bertz CT molecular complexity index is 536. The molecule has 0 aliphatic carbocycles. The van der Waals surface area contributed by atoms with Crippen molar-refractivity contribution in [2.24, 2.45) is 0 Å². The molecule has 2 aromatic rings. The second-order valence-corrected chi connectivity index (χ2v) is 4.61. The molecule has 0 aromatic carbocycles. The molecule has 0 aliphatic rings. The predicted molar refractivity (Wildman–Crippen MR) is 63.4 cm³/mol. The van der Waals surface area contributed by atoms with Gasteiger partial charge in [0, 0.05) is 17.3 Å². The molecule has 0 unspecified atom stereocenters. The van der Waals surface area contributed by atoms with Crippen LogP contribution in [-0.4, -0.2) is 9.97 Å². The Hall–Kier alpha value is -1.63. The van der Waals surface area contributed by atoms with E-state index in [9.17, 15) is 13.2 Å². The lowest BCUT2D eigenvalue weighted by atomic mass is 10.2. The van der Waals surface area contributed by atoms with Crippen LogP contribution in [0.5, 0.6) is 0 Å². The normalized spacial score (nSPS) is 11.6. The van der Waals surface area contributed by atoms with E-state index in [4.69, 9.17) is 0 Å². The number of halogens is 3. The monoisotopic (exact) mass is 273 g/mol. The summed E-state index contributed by atoms with van der Waals surface area (Å²) >= 11 is 1.45. The lowest BCUT2D eigenvalue weighted by molar-refractivity contribution is -0.137. The first-order valence-corrected chi connectivity index (χ1v) is 6.01. The maximum atomic E-state index is 12.5. The average Bonchev–Trinajstić information content (AvgIpc) is 2.72. The third-order valence-corrected chi connectivity index (χ3v) is 3.14. The van der Waals surface area contributed by atoms with E-state index in [1.54, 1.807) is 0 Å². The molecule has 0 aliphatic heterocycles. The van der Waals surface area contributed by atoms with Crippen LogP contribution in [0.15, 0.2) is 23.7 Å². The number of anilines is 1. The van der Waals surface area contributed by atoms with E-state index in [2.05, 4.69) is 15.3 Å². The number of rotatable bonds is 3. The van der Waals surface area contributed by atoms with Crippen molar-refractivity contribution in [1.82, 2.24) is 9.97 Å². The van der Waals surface area contributed by atoms with Gasteiger partial charge in [0.05, 0.1) is 12.1 Å². The van der Waals surface area contributed by atoms with Crippen molar-refractivity contribution in [1.29, 1.82) is 0 Å².